The number of nitro benzene ring substituents is 1. The normalized spacial score (nSPS) is 17.4. The Hall–Kier alpha value is -3.47. The molecule has 2 aromatic carbocycles. The lowest BCUT2D eigenvalue weighted by atomic mass is 9.92. The van der Waals surface area contributed by atoms with Crippen LogP contribution in [-0.2, 0) is 10.9 Å². The molecule has 1 aliphatic rings. The lowest BCUT2D eigenvalue weighted by Gasteiger charge is -2.17. The molecule has 1 aliphatic heterocycles. The van der Waals surface area contributed by atoms with Gasteiger partial charge in [0.15, 0.2) is 5.82 Å². The SMILES string of the molecule is C[C@H](c1cc([N+](=O)[O-])cc(C(F)(F)F)c1)c1nnc(N)c2cc(O[C@H]3CCOC3)ccc12. The van der Waals surface area contributed by atoms with Crippen molar-refractivity contribution in [3.05, 3.63) is 63.3 Å². The van der Waals surface area contributed by atoms with Crippen molar-refractivity contribution in [2.45, 2.75) is 31.5 Å². The Bertz CT molecular complexity index is 1180. The highest BCUT2D eigenvalue weighted by Gasteiger charge is 2.33. The predicted octanol–water partition coefficient (Wildman–Crippen LogP) is 4.46. The average Bonchev–Trinajstić information content (AvgIpc) is 3.26. The maximum absolute atomic E-state index is 13.3. The van der Waals surface area contributed by atoms with Gasteiger partial charge in [-0.3, -0.25) is 10.1 Å². The number of nitrogen functional groups attached to an aromatic ring is 1. The van der Waals surface area contributed by atoms with Crippen molar-refractivity contribution in [1.29, 1.82) is 0 Å². The van der Waals surface area contributed by atoms with Crippen LogP contribution in [0, 0.1) is 10.1 Å². The molecule has 1 fully saturated rings. The summed E-state index contributed by atoms with van der Waals surface area (Å²) in [6.45, 7) is 2.72. The highest BCUT2D eigenvalue weighted by atomic mass is 19.4. The third kappa shape index (κ3) is 4.28. The summed E-state index contributed by atoms with van der Waals surface area (Å²) in [4.78, 5) is 10.3. The molecule has 0 amide bonds. The Labute approximate surface area is 180 Å². The van der Waals surface area contributed by atoms with Crippen LogP contribution in [0.4, 0.5) is 24.7 Å². The fourth-order valence-electron chi connectivity index (χ4n) is 3.68. The number of ether oxygens (including phenoxy) is 2. The van der Waals surface area contributed by atoms with Crippen LogP contribution in [0.1, 0.15) is 36.1 Å². The van der Waals surface area contributed by atoms with Crippen molar-refractivity contribution >= 4 is 22.3 Å². The van der Waals surface area contributed by atoms with Gasteiger partial charge in [-0.1, -0.05) is 6.92 Å². The molecule has 0 unspecified atom stereocenters. The summed E-state index contributed by atoms with van der Waals surface area (Å²) in [6.07, 6.45) is -4.04. The van der Waals surface area contributed by atoms with Crippen molar-refractivity contribution in [3.8, 4) is 5.75 Å². The number of halogens is 3. The molecule has 168 valence electrons. The molecule has 0 radical (unpaired) electrons. The molecular weight excluding hydrogens is 429 g/mol. The maximum atomic E-state index is 13.3. The number of rotatable bonds is 5. The van der Waals surface area contributed by atoms with E-state index >= 15 is 0 Å². The molecule has 0 saturated carbocycles. The Morgan fingerprint density at radius 1 is 1.22 bits per heavy atom. The van der Waals surface area contributed by atoms with Crippen LogP contribution in [-0.4, -0.2) is 34.4 Å². The van der Waals surface area contributed by atoms with Crippen molar-refractivity contribution < 1.29 is 27.6 Å². The molecule has 11 heteroatoms. The molecule has 1 aromatic heterocycles. The van der Waals surface area contributed by atoms with Crippen LogP contribution in [0.15, 0.2) is 36.4 Å². The van der Waals surface area contributed by atoms with E-state index < -0.39 is 28.3 Å². The van der Waals surface area contributed by atoms with E-state index in [2.05, 4.69) is 10.2 Å². The standard InChI is InChI=1S/C21H19F3N4O4/c1-11(12-6-13(21(22,23)24)8-14(7-12)28(29)30)19-17-3-2-15(32-16-4-5-31-10-16)9-18(17)20(25)27-26-19/h2-3,6-9,11,16H,4-5,10H2,1H3,(H2,25,27)/t11-,16+/m1/s1. The summed E-state index contributed by atoms with van der Waals surface area (Å²) < 4.78 is 51.1. The fraction of sp³-hybridized carbons (Fsp3) is 0.333. The molecule has 3 aromatic rings. The fourth-order valence-corrected chi connectivity index (χ4v) is 3.68. The van der Waals surface area contributed by atoms with Crippen molar-refractivity contribution in [2.24, 2.45) is 0 Å². The number of aromatic nitrogens is 2. The lowest BCUT2D eigenvalue weighted by Crippen LogP contribution is -2.15. The summed E-state index contributed by atoms with van der Waals surface area (Å²) in [5.41, 5.74) is 4.68. The number of alkyl halides is 3. The highest BCUT2D eigenvalue weighted by molar-refractivity contribution is 5.93. The zero-order valence-corrected chi connectivity index (χ0v) is 16.9. The molecule has 2 N–H and O–H groups in total. The minimum absolute atomic E-state index is 0.0764. The lowest BCUT2D eigenvalue weighted by molar-refractivity contribution is -0.385. The number of benzene rings is 2. The van der Waals surface area contributed by atoms with E-state index in [0.717, 1.165) is 18.6 Å². The summed E-state index contributed by atoms with van der Waals surface area (Å²) in [5, 5.41) is 20.3. The summed E-state index contributed by atoms with van der Waals surface area (Å²) in [5.74, 6) is -0.0262. The monoisotopic (exact) mass is 448 g/mol. The van der Waals surface area contributed by atoms with E-state index in [4.69, 9.17) is 15.2 Å². The van der Waals surface area contributed by atoms with Crippen molar-refractivity contribution in [3.63, 3.8) is 0 Å². The Kier molecular flexibility index (Phi) is 5.59. The van der Waals surface area contributed by atoms with Gasteiger partial charge in [0.05, 0.1) is 29.4 Å². The summed E-state index contributed by atoms with van der Waals surface area (Å²) >= 11 is 0. The van der Waals surface area contributed by atoms with Gasteiger partial charge in [-0.15, -0.1) is 5.10 Å². The smallest absolute Gasteiger partial charge is 0.416 e. The number of anilines is 1. The summed E-state index contributed by atoms with van der Waals surface area (Å²) in [7, 11) is 0. The van der Waals surface area contributed by atoms with Crippen molar-refractivity contribution in [1.82, 2.24) is 10.2 Å². The molecule has 1 saturated heterocycles. The van der Waals surface area contributed by atoms with Crippen LogP contribution in [0.25, 0.3) is 10.8 Å². The quantitative estimate of drug-likeness (QED) is 0.453. The largest absolute Gasteiger partial charge is 0.488 e. The van der Waals surface area contributed by atoms with E-state index in [0.29, 0.717) is 41.5 Å². The zero-order chi connectivity index (χ0) is 23.0. The first-order valence-electron chi connectivity index (χ1n) is 9.80. The Morgan fingerprint density at radius 2 is 2.00 bits per heavy atom. The van der Waals surface area contributed by atoms with Gasteiger partial charge in [-0.05, 0) is 29.8 Å². The first-order chi connectivity index (χ1) is 15.1. The van der Waals surface area contributed by atoms with Gasteiger partial charge in [-0.25, -0.2) is 0 Å². The second-order valence-electron chi connectivity index (χ2n) is 7.57. The zero-order valence-electron chi connectivity index (χ0n) is 16.9. The van der Waals surface area contributed by atoms with E-state index in [1.165, 1.54) is 0 Å². The molecule has 32 heavy (non-hydrogen) atoms. The summed E-state index contributed by atoms with van der Waals surface area (Å²) in [6, 6.07) is 7.63. The van der Waals surface area contributed by atoms with E-state index in [1.54, 1.807) is 25.1 Å². The third-order valence-electron chi connectivity index (χ3n) is 5.39. The molecule has 4 rings (SSSR count). The van der Waals surface area contributed by atoms with Gasteiger partial charge in [-0.2, -0.15) is 18.3 Å². The Balaban J connectivity index is 1.77. The van der Waals surface area contributed by atoms with Crippen LogP contribution >= 0.6 is 0 Å². The van der Waals surface area contributed by atoms with Crippen LogP contribution < -0.4 is 10.5 Å². The van der Waals surface area contributed by atoms with E-state index in [9.17, 15) is 23.3 Å². The molecule has 0 aliphatic carbocycles. The number of nitrogens with zero attached hydrogens (tertiary/aromatic N) is 3. The second kappa shape index (κ2) is 8.23. The second-order valence-corrected chi connectivity index (χ2v) is 7.57. The molecule has 0 spiro atoms. The number of non-ortho nitro benzene ring substituents is 1. The molecule has 8 nitrogen and oxygen atoms in total. The first kappa shape index (κ1) is 21.8. The van der Waals surface area contributed by atoms with Crippen LogP contribution in [0.2, 0.25) is 0 Å². The average molecular weight is 448 g/mol. The number of hydrogen-bond donors (Lipinski definition) is 1. The van der Waals surface area contributed by atoms with Crippen molar-refractivity contribution in [2.75, 3.05) is 18.9 Å². The maximum Gasteiger partial charge on any atom is 0.416 e. The highest BCUT2D eigenvalue weighted by Crippen LogP contribution is 2.38. The van der Waals surface area contributed by atoms with Gasteiger partial charge in [0.1, 0.15) is 11.9 Å². The van der Waals surface area contributed by atoms with Gasteiger partial charge in [0, 0.05) is 35.2 Å². The van der Waals surface area contributed by atoms with E-state index in [-0.39, 0.29) is 17.5 Å². The molecule has 2 heterocycles. The number of nitrogens with two attached hydrogens (primary N) is 1. The predicted molar refractivity (Wildman–Crippen MR) is 109 cm³/mol. The third-order valence-corrected chi connectivity index (χ3v) is 5.39. The topological polar surface area (TPSA) is 113 Å². The van der Waals surface area contributed by atoms with Crippen LogP contribution in [0.3, 0.4) is 0 Å². The number of hydrogen-bond acceptors (Lipinski definition) is 7. The minimum atomic E-state index is -4.73. The molecule has 2 atom stereocenters. The van der Waals surface area contributed by atoms with Gasteiger partial charge in [0.2, 0.25) is 0 Å². The van der Waals surface area contributed by atoms with Gasteiger partial charge in [0.25, 0.3) is 5.69 Å². The Morgan fingerprint density at radius 3 is 2.66 bits per heavy atom. The van der Waals surface area contributed by atoms with Gasteiger partial charge < -0.3 is 15.2 Å². The van der Waals surface area contributed by atoms with Crippen LogP contribution in [0.5, 0.6) is 5.75 Å². The molecular formula is C21H19F3N4O4. The first-order valence-corrected chi connectivity index (χ1v) is 9.80. The number of nitro groups is 1. The molecule has 0 bridgehead atoms. The number of fused-ring (bicyclic) bond motifs is 1. The minimum Gasteiger partial charge on any atom is -0.488 e. The van der Waals surface area contributed by atoms with Gasteiger partial charge >= 0.3 is 6.18 Å². The van der Waals surface area contributed by atoms with E-state index in [1.807, 2.05) is 0 Å².